The van der Waals surface area contributed by atoms with Gasteiger partial charge < -0.3 is 24.8 Å². The summed E-state index contributed by atoms with van der Waals surface area (Å²) in [5, 5.41) is 5.73. The SMILES string of the molecule is CCCOc1ccc(CNC(=O)C2CNCCO2)c(OC(F)F)c1. The second-order valence-electron chi connectivity index (χ2n) is 5.28. The molecule has 0 bridgehead atoms. The van der Waals surface area contributed by atoms with Gasteiger partial charge in [-0.1, -0.05) is 6.92 Å². The van der Waals surface area contributed by atoms with Crippen molar-refractivity contribution in [2.24, 2.45) is 0 Å². The lowest BCUT2D eigenvalue weighted by molar-refractivity contribution is -0.134. The maximum absolute atomic E-state index is 12.6. The van der Waals surface area contributed by atoms with E-state index in [0.29, 0.717) is 37.6 Å². The van der Waals surface area contributed by atoms with Crippen molar-refractivity contribution in [2.45, 2.75) is 32.6 Å². The number of nitrogens with one attached hydrogen (secondary N) is 2. The van der Waals surface area contributed by atoms with E-state index in [2.05, 4.69) is 15.4 Å². The average Bonchev–Trinajstić information content (AvgIpc) is 2.59. The lowest BCUT2D eigenvalue weighted by Gasteiger charge is -2.23. The van der Waals surface area contributed by atoms with Gasteiger partial charge in [0.2, 0.25) is 0 Å². The number of amides is 1. The summed E-state index contributed by atoms with van der Waals surface area (Å²) < 4.78 is 40.5. The van der Waals surface area contributed by atoms with Crippen molar-refractivity contribution >= 4 is 5.91 Å². The Bertz CT molecular complexity index is 537. The first-order valence-corrected chi connectivity index (χ1v) is 7.90. The Morgan fingerprint density at radius 1 is 1.50 bits per heavy atom. The smallest absolute Gasteiger partial charge is 0.387 e. The number of benzene rings is 1. The molecule has 1 aliphatic rings. The molecule has 24 heavy (non-hydrogen) atoms. The Labute approximate surface area is 139 Å². The van der Waals surface area contributed by atoms with Crippen LogP contribution >= 0.6 is 0 Å². The van der Waals surface area contributed by atoms with Crippen LogP contribution in [0.3, 0.4) is 0 Å². The van der Waals surface area contributed by atoms with Crippen molar-refractivity contribution in [3.05, 3.63) is 23.8 Å². The summed E-state index contributed by atoms with van der Waals surface area (Å²) in [5.74, 6) is 0.139. The van der Waals surface area contributed by atoms with Crippen LogP contribution in [-0.2, 0) is 16.1 Å². The standard InChI is InChI=1S/C16H22F2N2O4/c1-2-6-22-12-4-3-11(13(8-12)24-16(17)18)9-20-15(21)14-10-19-5-7-23-14/h3-4,8,14,16,19H,2,5-7,9-10H2,1H3,(H,20,21). The van der Waals surface area contributed by atoms with Crippen LogP contribution in [0.4, 0.5) is 8.78 Å². The lowest BCUT2D eigenvalue weighted by atomic mass is 10.2. The molecular weight excluding hydrogens is 322 g/mol. The molecule has 2 N–H and O–H groups in total. The van der Waals surface area contributed by atoms with Crippen molar-refractivity contribution in [1.82, 2.24) is 10.6 Å². The number of carbonyl (C=O) groups is 1. The first kappa shape index (κ1) is 18.4. The summed E-state index contributed by atoms with van der Waals surface area (Å²) in [6, 6.07) is 4.67. The quantitative estimate of drug-likeness (QED) is 0.751. The summed E-state index contributed by atoms with van der Waals surface area (Å²) in [4.78, 5) is 12.0. The molecule has 0 spiro atoms. The molecule has 134 valence electrons. The third-order valence-electron chi connectivity index (χ3n) is 3.40. The predicted octanol–water partition coefficient (Wildman–Crippen LogP) is 1.68. The Morgan fingerprint density at radius 2 is 2.33 bits per heavy atom. The number of morpholine rings is 1. The zero-order chi connectivity index (χ0) is 17.4. The van der Waals surface area contributed by atoms with Crippen molar-refractivity contribution in [3.8, 4) is 11.5 Å². The first-order valence-electron chi connectivity index (χ1n) is 7.90. The monoisotopic (exact) mass is 344 g/mol. The third kappa shape index (κ3) is 5.61. The summed E-state index contributed by atoms with van der Waals surface area (Å²) in [5.41, 5.74) is 0.441. The van der Waals surface area contributed by atoms with E-state index in [1.807, 2.05) is 6.92 Å². The number of rotatable bonds is 8. The van der Waals surface area contributed by atoms with Gasteiger partial charge in [-0.2, -0.15) is 8.78 Å². The third-order valence-corrected chi connectivity index (χ3v) is 3.40. The van der Waals surface area contributed by atoms with E-state index in [-0.39, 0.29) is 18.2 Å². The maximum Gasteiger partial charge on any atom is 0.387 e. The minimum Gasteiger partial charge on any atom is -0.493 e. The molecule has 0 radical (unpaired) electrons. The fourth-order valence-electron chi connectivity index (χ4n) is 2.23. The molecule has 2 rings (SSSR count). The molecule has 0 aliphatic carbocycles. The van der Waals surface area contributed by atoms with Gasteiger partial charge in [-0.05, 0) is 18.6 Å². The molecule has 1 atom stereocenters. The number of alkyl halides is 2. The summed E-state index contributed by atoms with van der Waals surface area (Å²) in [7, 11) is 0. The van der Waals surface area contributed by atoms with Crippen LogP contribution in [0.25, 0.3) is 0 Å². The van der Waals surface area contributed by atoms with Crippen molar-refractivity contribution in [3.63, 3.8) is 0 Å². The number of hydrogen-bond acceptors (Lipinski definition) is 5. The highest BCUT2D eigenvalue weighted by atomic mass is 19.3. The molecule has 8 heteroatoms. The molecule has 1 fully saturated rings. The highest BCUT2D eigenvalue weighted by Crippen LogP contribution is 2.26. The molecule has 1 amide bonds. The van der Waals surface area contributed by atoms with Gasteiger partial charge >= 0.3 is 6.61 Å². The fourth-order valence-corrected chi connectivity index (χ4v) is 2.23. The normalized spacial score (nSPS) is 17.6. The van der Waals surface area contributed by atoms with Crippen LogP contribution in [0, 0.1) is 0 Å². The Kier molecular flexibility index (Phi) is 7.20. The molecular formula is C16H22F2N2O4. The van der Waals surface area contributed by atoms with E-state index >= 15 is 0 Å². The van der Waals surface area contributed by atoms with Crippen LogP contribution in [0.1, 0.15) is 18.9 Å². The van der Waals surface area contributed by atoms with E-state index in [4.69, 9.17) is 9.47 Å². The van der Waals surface area contributed by atoms with Crippen molar-refractivity contribution in [1.29, 1.82) is 0 Å². The summed E-state index contributed by atoms with van der Waals surface area (Å²) in [6.07, 6.45) is 0.225. The van der Waals surface area contributed by atoms with Gasteiger partial charge in [0.05, 0.1) is 13.2 Å². The molecule has 1 heterocycles. The second-order valence-corrected chi connectivity index (χ2v) is 5.28. The zero-order valence-electron chi connectivity index (χ0n) is 13.5. The Balaban J connectivity index is 2.00. The molecule has 1 aromatic carbocycles. The molecule has 1 saturated heterocycles. The molecule has 0 aromatic heterocycles. The predicted molar refractivity (Wildman–Crippen MR) is 83.3 cm³/mol. The van der Waals surface area contributed by atoms with Gasteiger partial charge in [0.15, 0.2) is 0 Å². The minimum absolute atomic E-state index is 0.0124. The van der Waals surface area contributed by atoms with E-state index < -0.39 is 12.7 Å². The van der Waals surface area contributed by atoms with Crippen LogP contribution < -0.4 is 20.1 Å². The minimum atomic E-state index is -2.95. The molecule has 6 nitrogen and oxygen atoms in total. The van der Waals surface area contributed by atoms with Gasteiger partial charge in [-0.25, -0.2) is 0 Å². The first-order chi connectivity index (χ1) is 11.6. The van der Waals surface area contributed by atoms with E-state index in [1.165, 1.54) is 6.07 Å². The van der Waals surface area contributed by atoms with E-state index in [9.17, 15) is 13.6 Å². The largest absolute Gasteiger partial charge is 0.493 e. The number of hydrogen-bond donors (Lipinski definition) is 2. The highest BCUT2D eigenvalue weighted by Gasteiger charge is 2.22. The summed E-state index contributed by atoms with van der Waals surface area (Å²) in [6.45, 7) is 1.13. The molecule has 1 aromatic rings. The van der Waals surface area contributed by atoms with Gasteiger partial charge in [-0.15, -0.1) is 0 Å². The number of ether oxygens (including phenoxy) is 3. The fraction of sp³-hybridized carbons (Fsp3) is 0.562. The zero-order valence-corrected chi connectivity index (χ0v) is 13.5. The van der Waals surface area contributed by atoms with Crippen LogP contribution in [0.5, 0.6) is 11.5 Å². The van der Waals surface area contributed by atoms with E-state index in [0.717, 1.165) is 6.42 Å². The van der Waals surface area contributed by atoms with Crippen molar-refractivity contribution < 1.29 is 27.8 Å². The van der Waals surface area contributed by atoms with Gasteiger partial charge in [0.25, 0.3) is 5.91 Å². The molecule has 0 saturated carbocycles. The molecule has 1 unspecified atom stereocenters. The van der Waals surface area contributed by atoms with Gasteiger partial charge in [0, 0.05) is 31.3 Å². The van der Waals surface area contributed by atoms with Crippen LogP contribution in [0.2, 0.25) is 0 Å². The topological polar surface area (TPSA) is 68.8 Å². The van der Waals surface area contributed by atoms with Crippen LogP contribution in [-0.4, -0.2) is 44.9 Å². The number of halogens is 2. The average molecular weight is 344 g/mol. The summed E-state index contributed by atoms with van der Waals surface area (Å²) >= 11 is 0. The lowest BCUT2D eigenvalue weighted by Crippen LogP contribution is -2.47. The number of carbonyl (C=O) groups excluding carboxylic acids is 1. The van der Waals surface area contributed by atoms with Gasteiger partial charge in [0.1, 0.15) is 17.6 Å². The van der Waals surface area contributed by atoms with Gasteiger partial charge in [-0.3, -0.25) is 4.79 Å². The van der Waals surface area contributed by atoms with E-state index in [1.54, 1.807) is 12.1 Å². The van der Waals surface area contributed by atoms with Crippen LogP contribution in [0.15, 0.2) is 18.2 Å². The Hall–Kier alpha value is -1.93. The maximum atomic E-state index is 12.6. The molecule has 1 aliphatic heterocycles. The Morgan fingerprint density at radius 3 is 3.00 bits per heavy atom. The highest BCUT2D eigenvalue weighted by molar-refractivity contribution is 5.81. The van der Waals surface area contributed by atoms with Crippen molar-refractivity contribution in [2.75, 3.05) is 26.3 Å². The second kappa shape index (κ2) is 9.39.